The van der Waals surface area contributed by atoms with Crippen molar-refractivity contribution in [3.8, 4) is 0 Å². The Morgan fingerprint density at radius 1 is 1.43 bits per heavy atom. The van der Waals surface area contributed by atoms with Gasteiger partial charge in [0.15, 0.2) is 5.17 Å². The number of hydrogen-bond acceptors (Lipinski definition) is 5. The standard InChI is InChI=1S/C14H21N3O2S2/c1-14(2,3)8-11-9-16-13(20-11)17-10-5-4-6-12(7-10)21(15,18)19/h4-7,11H,8-9H2,1-3H3,(H,16,17)(H2,15,18,19). The largest absolute Gasteiger partial charge is 0.335 e. The van der Waals surface area contributed by atoms with Crippen molar-refractivity contribution in [1.82, 2.24) is 0 Å². The molecule has 1 unspecified atom stereocenters. The van der Waals surface area contributed by atoms with Gasteiger partial charge in [-0.25, -0.2) is 13.6 Å². The summed E-state index contributed by atoms with van der Waals surface area (Å²) in [5.41, 5.74) is 0.958. The number of nitrogens with one attached hydrogen (secondary N) is 1. The highest BCUT2D eigenvalue weighted by atomic mass is 32.2. The van der Waals surface area contributed by atoms with Crippen molar-refractivity contribution in [3.05, 3.63) is 24.3 Å². The maximum atomic E-state index is 11.3. The number of nitrogens with zero attached hydrogens (tertiary/aromatic N) is 1. The van der Waals surface area contributed by atoms with E-state index in [0.717, 1.165) is 18.1 Å². The van der Waals surface area contributed by atoms with Gasteiger partial charge in [0.1, 0.15) is 0 Å². The van der Waals surface area contributed by atoms with Crippen LogP contribution in [-0.4, -0.2) is 25.4 Å². The number of anilines is 1. The zero-order chi connectivity index (χ0) is 15.7. The third-order valence-corrected chi connectivity index (χ3v) is 4.99. The van der Waals surface area contributed by atoms with Gasteiger partial charge in [-0.15, -0.1) is 0 Å². The van der Waals surface area contributed by atoms with E-state index in [1.54, 1.807) is 23.9 Å². The minimum Gasteiger partial charge on any atom is -0.335 e. The van der Waals surface area contributed by atoms with Crippen molar-refractivity contribution in [1.29, 1.82) is 0 Å². The van der Waals surface area contributed by atoms with Crippen molar-refractivity contribution in [3.63, 3.8) is 0 Å². The average Bonchev–Trinajstić information content (AvgIpc) is 2.73. The van der Waals surface area contributed by atoms with Crippen LogP contribution in [0.5, 0.6) is 0 Å². The highest BCUT2D eigenvalue weighted by molar-refractivity contribution is 8.15. The molecule has 21 heavy (non-hydrogen) atoms. The first-order chi connectivity index (χ1) is 9.63. The molecule has 116 valence electrons. The minimum atomic E-state index is -3.68. The summed E-state index contributed by atoms with van der Waals surface area (Å²) >= 11 is 1.70. The summed E-state index contributed by atoms with van der Waals surface area (Å²) in [5, 5.41) is 9.59. The summed E-state index contributed by atoms with van der Waals surface area (Å²) in [7, 11) is -3.68. The van der Waals surface area contributed by atoms with Crippen LogP contribution in [-0.2, 0) is 10.0 Å². The number of rotatable bonds is 3. The molecular formula is C14H21N3O2S2. The molecule has 0 fully saturated rings. The molecule has 0 radical (unpaired) electrons. The molecule has 1 aliphatic heterocycles. The fourth-order valence-electron chi connectivity index (χ4n) is 2.15. The third kappa shape index (κ3) is 5.01. The lowest BCUT2D eigenvalue weighted by Crippen LogP contribution is -2.16. The van der Waals surface area contributed by atoms with Crippen LogP contribution in [0.2, 0.25) is 0 Å². The topological polar surface area (TPSA) is 84.5 Å². The van der Waals surface area contributed by atoms with Gasteiger partial charge in [-0.1, -0.05) is 38.6 Å². The summed E-state index contributed by atoms with van der Waals surface area (Å²) in [6.07, 6.45) is 1.09. The Balaban J connectivity index is 2.01. The van der Waals surface area contributed by atoms with E-state index in [9.17, 15) is 8.42 Å². The summed E-state index contributed by atoms with van der Waals surface area (Å²) < 4.78 is 22.7. The van der Waals surface area contributed by atoms with E-state index < -0.39 is 10.0 Å². The molecular weight excluding hydrogens is 306 g/mol. The van der Waals surface area contributed by atoms with Gasteiger partial charge in [0, 0.05) is 10.9 Å². The molecule has 1 atom stereocenters. The monoisotopic (exact) mass is 327 g/mol. The number of benzene rings is 1. The van der Waals surface area contributed by atoms with Gasteiger partial charge in [0.2, 0.25) is 10.0 Å². The quantitative estimate of drug-likeness (QED) is 0.894. The van der Waals surface area contributed by atoms with Crippen LogP contribution in [0.15, 0.2) is 34.2 Å². The van der Waals surface area contributed by atoms with Gasteiger partial charge in [0.05, 0.1) is 11.4 Å². The molecule has 0 saturated carbocycles. The van der Waals surface area contributed by atoms with E-state index in [1.165, 1.54) is 12.1 Å². The second-order valence-electron chi connectivity index (χ2n) is 6.35. The summed E-state index contributed by atoms with van der Waals surface area (Å²) in [6, 6.07) is 6.46. The maximum absolute atomic E-state index is 11.3. The molecule has 1 heterocycles. The molecule has 0 aliphatic carbocycles. The Hall–Kier alpha value is -1.05. The molecule has 0 bridgehead atoms. The van der Waals surface area contributed by atoms with Crippen LogP contribution < -0.4 is 10.5 Å². The van der Waals surface area contributed by atoms with E-state index in [2.05, 4.69) is 31.1 Å². The molecule has 1 aromatic rings. The number of thioether (sulfide) groups is 1. The van der Waals surface area contributed by atoms with Crippen molar-refractivity contribution in [2.45, 2.75) is 37.3 Å². The fourth-order valence-corrected chi connectivity index (χ4v) is 4.08. The molecule has 0 amide bonds. The smallest absolute Gasteiger partial charge is 0.238 e. The summed E-state index contributed by atoms with van der Waals surface area (Å²) in [6.45, 7) is 7.44. The maximum Gasteiger partial charge on any atom is 0.238 e. The zero-order valence-corrected chi connectivity index (χ0v) is 14.1. The lowest BCUT2D eigenvalue weighted by atomic mass is 9.90. The van der Waals surface area contributed by atoms with Crippen LogP contribution in [0, 0.1) is 5.41 Å². The van der Waals surface area contributed by atoms with Crippen LogP contribution in [0.1, 0.15) is 27.2 Å². The normalized spacial score (nSPS) is 19.4. The van der Waals surface area contributed by atoms with Gasteiger partial charge in [-0.3, -0.25) is 4.99 Å². The predicted molar refractivity (Wildman–Crippen MR) is 89.2 cm³/mol. The second-order valence-corrected chi connectivity index (χ2v) is 9.20. The Labute approximate surface area is 130 Å². The van der Waals surface area contributed by atoms with Gasteiger partial charge in [-0.05, 0) is 30.0 Å². The van der Waals surface area contributed by atoms with Gasteiger partial charge in [-0.2, -0.15) is 0 Å². The van der Waals surface area contributed by atoms with Crippen molar-refractivity contribution in [2.75, 3.05) is 11.9 Å². The Morgan fingerprint density at radius 2 is 2.14 bits per heavy atom. The zero-order valence-electron chi connectivity index (χ0n) is 12.5. The number of aliphatic imine (C=N–C) groups is 1. The van der Waals surface area contributed by atoms with Crippen LogP contribution in [0.25, 0.3) is 0 Å². The van der Waals surface area contributed by atoms with Crippen LogP contribution in [0.3, 0.4) is 0 Å². The molecule has 0 aromatic heterocycles. The number of nitrogens with two attached hydrogens (primary N) is 1. The van der Waals surface area contributed by atoms with Crippen LogP contribution in [0.4, 0.5) is 5.69 Å². The molecule has 7 heteroatoms. The molecule has 5 nitrogen and oxygen atoms in total. The van der Waals surface area contributed by atoms with E-state index in [4.69, 9.17) is 5.14 Å². The minimum absolute atomic E-state index is 0.0994. The molecule has 1 aromatic carbocycles. The van der Waals surface area contributed by atoms with E-state index in [0.29, 0.717) is 10.9 Å². The van der Waals surface area contributed by atoms with Gasteiger partial charge in [0.25, 0.3) is 0 Å². The molecule has 0 saturated heterocycles. The SMILES string of the molecule is CC(C)(C)CC1CN=C(Nc2cccc(S(N)(=O)=O)c2)S1. The molecule has 1 aliphatic rings. The van der Waals surface area contributed by atoms with Gasteiger partial charge < -0.3 is 5.32 Å². The summed E-state index contributed by atoms with van der Waals surface area (Å²) in [5.74, 6) is 0. The van der Waals surface area contributed by atoms with E-state index in [1.807, 2.05) is 0 Å². The Morgan fingerprint density at radius 3 is 2.76 bits per heavy atom. The average molecular weight is 327 g/mol. The highest BCUT2D eigenvalue weighted by Gasteiger charge is 2.25. The molecule has 3 N–H and O–H groups in total. The highest BCUT2D eigenvalue weighted by Crippen LogP contribution is 2.32. The molecule has 2 rings (SSSR count). The van der Waals surface area contributed by atoms with Crippen molar-refractivity contribution in [2.24, 2.45) is 15.5 Å². The lowest BCUT2D eigenvalue weighted by Gasteiger charge is -2.21. The number of amidine groups is 1. The van der Waals surface area contributed by atoms with E-state index in [-0.39, 0.29) is 10.3 Å². The van der Waals surface area contributed by atoms with Crippen molar-refractivity contribution < 1.29 is 8.42 Å². The number of primary sulfonamides is 1. The lowest BCUT2D eigenvalue weighted by molar-refractivity contribution is 0.375. The second kappa shape index (κ2) is 5.98. The van der Waals surface area contributed by atoms with Gasteiger partial charge >= 0.3 is 0 Å². The number of hydrogen-bond donors (Lipinski definition) is 2. The van der Waals surface area contributed by atoms with Crippen molar-refractivity contribution >= 4 is 32.6 Å². The first-order valence-electron chi connectivity index (χ1n) is 6.74. The number of sulfonamides is 1. The van der Waals surface area contributed by atoms with E-state index >= 15 is 0 Å². The van der Waals surface area contributed by atoms with Crippen LogP contribution >= 0.6 is 11.8 Å². The molecule has 0 spiro atoms. The summed E-state index contributed by atoms with van der Waals surface area (Å²) in [4.78, 5) is 4.58. The Kier molecular flexibility index (Phi) is 4.65. The first kappa shape index (κ1) is 16.3. The first-order valence-corrected chi connectivity index (χ1v) is 9.17. The Bertz CT molecular complexity index is 648. The fraction of sp³-hybridized carbons (Fsp3) is 0.500. The predicted octanol–water partition coefficient (Wildman–Crippen LogP) is 2.65. The third-order valence-electron chi connectivity index (χ3n) is 2.97.